The maximum Gasteiger partial charge on any atom is 0.295 e. The van der Waals surface area contributed by atoms with Gasteiger partial charge in [0.1, 0.15) is 11.5 Å². The van der Waals surface area contributed by atoms with E-state index in [2.05, 4.69) is 20.8 Å². The first kappa shape index (κ1) is 23.5. The predicted molar refractivity (Wildman–Crippen MR) is 124 cm³/mol. The number of nitrogens with zero attached hydrogens (tertiary/aromatic N) is 1. The van der Waals surface area contributed by atoms with Crippen LogP contribution in [0.25, 0.3) is 5.76 Å². The highest BCUT2D eigenvalue weighted by Gasteiger charge is 2.46. The number of aliphatic hydroxyl groups excluding tert-OH is 1. The van der Waals surface area contributed by atoms with Crippen LogP contribution in [0.3, 0.4) is 0 Å². The van der Waals surface area contributed by atoms with Gasteiger partial charge >= 0.3 is 0 Å². The summed E-state index contributed by atoms with van der Waals surface area (Å²) in [7, 11) is 3.11. The van der Waals surface area contributed by atoms with E-state index in [9.17, 15) is 14.7 Å². The lowest BCUT2D eigenvalue weighted by molar-refractivity contribution is -0.140. The summed E-state index contributed by atoms with van der Waals surface area (Å²) in [5, 5.41) is 11.2. The number of ether oxygens (including phenoxy) is 2. The Morgan fingerprint density at radius 1 is 1.06 bits per heavy atom. The molecule has 1 amide bonds. The number of amides is 1. The Morgan fingerprint density at radius 3 is 2.25 bits per heavy atom. The predicted octanol–water partition coefficient (Wildman–Crippen LogP) is 4.37. The fourth-order valence-corrected chi connectivity index (χ4v) is 3.99. The van der Waals surface area contributed by atoms with E-state index >= 15 is 0 Å². The van der Waals surface area contributed by atoms with Crippen molar-refractivity contribution in [2.45, 2.75) is 39.2 Å². The second-order valence-electron chi connectivity index (χ2n) is 9.04. The van der Waals surface area contributed by atoms with Crippen molar-refractivity contribution >= 4 is 17.4 Å². The molecule has 0 aromatic heterocycles. The van der Waals surface area contributed by atoms with Gasteiger partial charge in [0.05, 0.1) is 25.3 Å². The third kappa shape index (κ3) is 4.41. The summed E-state index contributed by atoms with van der Waals surface area (Å²) in [6.45, 7) is 8.72. The first-order chi connectivity index (χ1) is 15.1. The molecule has 1 N–H and O–H groups in total. The fourth-order valence-electron chi connectivity index (χ4n) is 3.99. The van der Waals surface area contributed by atoms with Crippen molar-refractivity contribution in [3.63, 3.8) is 0 Å². The molecule has 1 saturated heterocycles. The number of aliphatic hydroxyl groups is 1. The van der Waals surface area contributed by atoms with Gasteiger partial charge in [0.15, 0.2) is 0 Å². The van der Waals surface area contributed by atoms with E-state index in [1.165, 1.54) is 4.90 Å². The Hall–Kier alpha value is -3.12. The molecule has 0 saturated carbocycles. The number of benzene rings is 2. The maximum atomic E-state index is 13.1. The molecule has 1 heterocycles. The molecule has 0 spiro atoms. The maximum absolute atomic E-state index is 13.1. The molecule has 1 fully saturated rings. The van der Waals surface area contributed by atoms with Crippen molar-refractivity contribution in [1.82, 2.24) is 4.90 Å². The monoisotopic (exact) mass is 437 g/mol. The van der Waals surface area contributed by atoms with Gasteiger partial charge in [-0.2, -0.15) is 0 Å². The molecule has 0 bridgehead atoms. The van der Waals surface area contributed by atoms with Crippen LogP contribution in [-0.4, -0.2) is 49.1 Å². The number of aryl methyl sites for hydroxylation is 1. The minimum Gasteiger partial charge on any atom is -0.507 e. The number of rotatable bonds is 6. The number of Topliss-reactive ketones (excluding diaryl/α,β-unsaturated/α-hetero) is 1. The zero-order chi connectivity index (χ0) is 23.6. The fraction of sp³-hybridized carbons (Fsp3) is 0.385. The van der Waals surface area contributed by atoms with E-state index in [1.54, 1.807) is 32.4 Å². The van der Waals surface area contributed by atoms with Crippen LogP contribution in [0.15, 0.2) is 48.0 Å². The van der Waals surface area contributed by atoms with Gasteiger partial charge in [-0.3, -0.25) is 9.59 Å². The highest BCUT2D eigenvalue weighted by atomic mass is 16.5. The van der Waals surface area contributed by atoms with Crippen LogP contribution in [-0.2, 0) is 19.7 Å². The van der Waals surface area contributed by atoms with Crippen LogP contribution in [0, 0.1) is 6.92 Å². The van der Waals surface area contributed by atoms with Crippen LogP contribution in [0.1, 0.15) is 49.1 Å². The molecule has 1 atom stereocenters. The van der Waals surface area contributed by atoms with Gasteiger partial charge in [0.25, 0.3) is 11.7 Å². The molecular formula is C26H31NO5. The Morgan fingerprint density at radius 2 is 1.72 bits per heavy atom. The summed E-state index contributed by atoms with van der Waals surface area (Å²) in [5.74, 6) is -0.874. The van der Waals surface area contributed by atoms with Crippen LogP contribution < -0.4 is 4.74 Å². The van der Waals surface area contributed by atoms with Crippen LogP contribution in [0.2, 0.25) is 0 Å². The minimum atomic E-state index is -0.696. The van der Waals surface area contributed by atoms with Gasteiger partial charge in [-0.05, 0) is 47.2 Å². The third-order valence-corrected chi connectivity index (χ3v) is 5.86. The van der Waals surface area contributed by atoms with Gasteiger partial charge < -0.3 is 19.5 Å². The van der Waals surface area contributed by atoms with Crippen molar-refractivity contribution in [3.8, 4) is 5.75 Å². The molecule has 2 aromatic carbocycles. The molecule has 1 aliphatic heterocycles. The quantitative estimate of drug-likeness (QED) is 0.413. The Labute approximate surface area is 189 Å². The van der Waals surface area contributed by atoms with Gasteiger partial charge in [0, 0.05) is 19.2 Å². The number of carbonyl (C=O) groups is 2. The molecule has 3 rings (SSSR count). The highest BCUT2D eigenvalue weighted by Crippen LogP contribution is 2.40. The molecule has 6 heteroatoms. The Balaban J connectivity index is 2.16. The summed E-state index contributed by atoms with van der Waals surface area (Å²) in [5.41, 5.74) is 3.19. The molecule has 6 nitrogen and oxygen atoms in total. The number of carbonyl (C=O) groups excluding carboxylic acids is 2. The Kier molecular flexibility index (Phi) is 6.74. The molecule has 0 radical (unpaired) electrons. The molecule has 170 valence electrons. The Bertz CT molecular complexity index is 1050. The topological polar surface area (TPSA) is 76.1 Å². The normalized spacial score (nSPS) is 18.3. The molecule has 2 aromatic rings. The van der Waals surface area contributed by atoms with Crippen LogP contribution >= 0.6 is 0 Å². The van der Waals surface area contributed by atoms with E-state index in [4.69, 9.17) is 9.47 Å². The number of methoxy groups -OCH3 is 2. The lowest BCUT2D eigenvalue weighted by Crippen LogP contribution is -2.32. The van der Waals surface area contributed by atoms with E-state index < -0.39 is 17.7 Å². The second-order valence-corrected chi connectivity index (χ2v) is 9.04. The van der Waals surface area contributed by atoms with Gasteiger partial charge in [-0.15, -0.1) is 0 Å². The standard InChI is InChI=1S/C26H31NO5/c1-16-15-19(32-6)11-12-20(16)23(28)21-22(27(13-14-31-5)25(30)24(21)29)17-7-9-18(10-8-17)26(2,3)4/h7-12,15,22,28H,13-14H2,1-6H3/b23-21+. The van der Waals surface area contributed by atoms with Crippen molar-refractivity contribution in [2.75, 3.05) is 27.4 Å². The van der Waals surface area contributed by atoms with Crippen LogP contribution in [0.4, 0.5) is 0 Å². The molecule has 1 aliphatic rings. The van der Waals surface area contributed by atoms with E-state index in [-0.39, 0.29) is 29.9 Å². The lowest BCUT2D eigenvalue weighted by Gasteiger charge is -2.26. The summed E-state index contributed by atoms with van der Waals surface area (Å²) in [4.78, 5) is 27.4. The average molecular weight is 438 g/mol. The van der Waals surface area contributed by atoms with Gasteiger partial charge in [-0.25, -0.2) is 0 Å². The van der Waals surface area contributed by atoms with E-state index in [0.717, 1.165) is 16.7 Å². The van der Waals surface area contributed by atoms with Crippen molar-refractivity contribution in [3.05, 3.63) is 70.3 Å². The minimum absolute atomic E-state index is 0.0312. The van der Waals surface area contributed by atoms with E-state index in [1.807, 2.05) is 31.2 Å². The lowest BCUT2D eigenvalue weighted by atomic mass is 9.85. The zero-order valence-corrected chi connectivity index (χ0v) is 19.6. The van der Waals surface area contributed by atoms with Crippen molar-refractivity contribution in [1.29, 1.82) is 0 Å². The molecular weight excluding hydrogens is 406 g/mol. The first-order valence-corrected chi connectivity index (χ1v) is 10.6. The van der Waals surface area contributed by atoms with Gasteiger partial charge in [0.2, 0.25) is 0 Å². The summed E-state index contributed by atoms with van der Waals surface area (Å²) in [6.07, 6.45) is 0. The number of likely N-dealkylation sites (tertiary alicyclic amines) is 1. The zero-order valence-electron chi connectivity index (χ0n) is 19.6. The number of hydrogen-bond donors (Lipinski definition) is 1. The summed E-state index contributed by atoms with van der Waals surface area (Å²) < 4.78 is 10.4. The summed E-state index contributed by atoms with van der Waals surface area (Å²) >= 11 is 0. The third-order valence-electron chi connectivity index (χ3n) is 5.86. The van der Waals surface area contributed by atoms with Crippen molar-refractivity contribution < 1.29 is 24.2 Å². The second kappa shape index (κ2) is 9.17. The highest BCUT2D eigenvalue weighted by molar-refractivity contribution is 6.46. The molecule has 32 heavy (non-hydrogen) atoms. The SMILES string of the molecule is COCCN1C(=O)C(=O)/C(=C(/O)c2ccc(OC)cc2C)C1c1ccc(C(C)(C)C)cc1. The van der Waals surface area contributed by atoms with Gasteiger partial charge in [-0.1, -0.05) is 45.0 Å². The first-order valence-electron chi connectivity index (χ1n) is 10.6. The summed E-state index contributed by atoms with van der Waals surface area (Å²) in [6, 6.07) is 12.4. The number of ketones is 1. The van der Waals surface area contributed by atoms with E-state index in [0.29, 0.717) is 11.3 Å². The van der Waals surface area contributed by atoms with Crippen LogP contribution in [0.5, 0.6) is 5.75 Å². The smallest absolute Gasteiger partial charge is 0.295 e. The molecule has 1 unspecified atom stereocenters. The largest absolute Gasteiger partial charge is 0.507 e. The molecule has 0 aliphatic carbocycles. The average Bonchev–Trinajstić information content (AvgIpc) is 3.01. The van der Waals surface area contributed by atoms with Crippen molar-refractivity contribution in [2.24, 2.45) is 0 Å². The number of hydrogen-bond acceptors (Lipinski definition) is 5.